The highest BCUT2D eigenvalue weighted by molar-refractivity contribution is 6.08. The molecule has 9 nitrogen and oxygen atoms in total. The van der Waals surface area contributed by atoms with Crippen LogP contribution in [0.2, 0.25) is 0 Å². The van der Waals surface area contributed by atoms with E-state index in [0.29, 0.717) is 30.0 Å². The SMILES string of the molecule is C[C@H](OC(=O)[C@H](C)N1C(=O)[C@H]2CCCC[C@H]2C1=O)C(=O)Nc1ccc2c(c1)OCO2. The molecular formula is C21H24N2O7. The molecule has 3 aliphatic rings. The Balaban J connectivity index is 1.36. The second-order valence-electron chi connectivity index (χ2n) is 7.86. The summed E-state index contributed by atoms with van der Waals surface area (Å²) < 4.78 is 15.7. The normalized spacial score (nSPS) is 24.3. The van der Waals surface area contributed by atoms with E-state index in [1.54, 1.807) is 18.2 Å². The van der Waals surface area contributed by atoms with E-state index < -0.39 is 24.0 Å². The summed E-state index contributed by atoms with van der Waals surface area (Å²) in [4.78, 5) is 51.3. The number of imide groups is 1. The Bertz CT molecular complexity index is 875. The van der Waals surface area contributed by atoms with Gasteiger partial charge in [-0.25, -0.2) is 4.79 Å². The largest absolute Gasteiger partial charge is 0.454 e. The smallest absolute Gasteiger partial charge is 0.329 e. The van der Waals surface area contributed by atoms with Gasteiger partial charge in [-0.2, -0.15) is 0 Å². The summed E-state index contributed by atoms with van der Waals surface area (Å²) in [5, 5.41) is 2.64. The fourth-order valence-electron chi connectivity index (χ4n) is 4.22. The molecule has 30 heavy (non-hydrogen) atoms. The van der Waals surface area contributed by atoms with E-state index >= 15 is 0 Å². The highest BCUT2D eigenvalue weighted by Gasteiger charge is 2.51. The molecule has 1 saturated carbocycles. The average molecular weight is 416 g/mol. The lowest BCUT2D eigenvalue weighted by molar-refractivity contribution is -0.163. The molecule has 1 aromatic carbocycles. The second kappa shape index (κ2) is 7.97. The third-order valence-electron chi connectivity index (χ3n) is 5.91. The summed E-state index contributed by atoms with van der Waals surface area (Å²) in [6.45, 7) is 3.01. The van der Waals surface area contributed by atoms with Crippen LogP contribution in [0.1, 0.15) is 39.5 Å². The van der Waals surface area contributed by atoms with Gasteiger partial charge in [0.25, 0.3) is 5.91 Å². The molecule has 2 heterocycles. The number of fused-ring (bicyclic) bond motifs is 2. The summed E-state index contributed by atoms with van der Waals surface area (Å²) in [5.74, 6) is -1.54. The first-order chi connectivity index (χ1) is 14.4. The zero-order valence-corrected chi connectivity index (χ0v) is 16.9. The van der Waals surface area contributed by atoms with E-state index in [9.17, 15) is 19.2 Å². The number of ether oxygens (including phenoxy) is 3. The number of nitrogens with zero attached hydrogens (tertiary/aromatic N) is 1. The maximum atomic E-state index is 12.6. The lowest BCUT2D eigenvalue weighted by atomic mass is 9.81. The van der Waals surface area contributed by atoms with Crippen LogP contribution in [0.4, 0.5) is 5.69 Å². The number of hydrogen-bond acceptors (Lipinski definition) is 7. The molecule has 0 aromatic heterocycles. The Morgan fingerprint density at radius 2 is 1.70 bits per heavy atom. The van der Waals surface area contributed by atoms with Crippen molar-refractivity contribution in [2.75, 3.05) is 12.1 Å². The molecule has 0 bridgehead atoms. The maximum Gasteiger partial charge on any atom is 0.329 e. The van der Waals surface area contributed by atoms with Gasteiger partial charge in [-0.05, 0) is 38.8 Å². The van der Waals surface area contributed by atoms with E-state index in [0.717, 1.165) is 17.7 Å². The summed E-state index contributed by atoms with van der Waals surface area (Å²) in [6.07, 6.45) is 2.04. The van der Waals surface area contributed by atoms with Crippen molar-refractivity contribution in [1.82, 2.24) is 4.90 Å². The quantitative estimate of drug-likeness (QED) is 0.576. The van der Waals surface area contributed by atoms with Crippen LogP contribution in [0.3, 0.4) is 0 Å². The Kier molecular flexibility index (Phi) is 5.36. The van der Waals surface area contributed by atoms with Crippen molar-refractivity contribution in [2.24, 2.45) is 11.8 Å². The zero-order chi connectivity index (χ0) is 21.4. The summed E-state index contributed by atoms with van der Waals surface area (Å²) >= 11 is 0. The van der Waals surface area contributed by atoms with Gasteiger partial charge in [0, 0.05) is 11.8 Å². The van der Waals surface area contributed by atoms with Crippen LogP contribution < -0.4 is 14.8 Å². The Morgan fingerprint density at radius 1 is 1.07 bits per heavy atom. The number of benzene rings is 1. The number of hydrogen-bond donors (Lipinski definition) is 1. The number of nitrogens with one attached hydrogen (secondary N) is 1. The van der Waals surface area contributed by atoms with Crippen molar-refractivity contribution in [3.05, 3.63) is 18.2 Å². The van der Waals surface area contributed by atoms with Crippen LogP contribution in [-0.4, -0.2) is 47.5 Å². The van der Waals surface area contributed by atoms with Gasteiger partial charge in [-0.1, -0.05) is 12.8 Å². The van der Waals surface area contributed by atoms with Crippen LogP contribution in [0.25, 0.3) is 0 Å². The molecule has 3 amide bonds. The van der Waals surface area contributed by atoms with Gasteiger partial charge in [0.2, 0.25) is 18.6 Å². The number of carbonyl (C=O) groups excluding carboxylic acids is 4. The first-order valence-corrected chi connectivity index (χ1v) is 10.1. The molecule has 1 aliphatic carbocycles. The van der Waals surface area contributed by atoms with E-state index in [2.05, 4.69) is 5.32 Å². The van der Waals surface area contributed by atoms with Gasteiger partial charge in [-0.15, -0.1) is 0 Å². The van der Waals surface area contributed by atoms with E-state index in [1.165, 1.54) is 13.8 Å². The minimum atomic E-state index is -1.11. The van der Waals surface area contributed by atoms with E-state index in [-0.39, 0.29) is 30.4 Å². The van der Waals surface area contributed by atoms with Crippen LogP contribution in [0.5, 0.6) is 11.5 Å². The number of anilines is 1. The summed E-state index contributed by atoms with van der Waals surface area (Å²) in [6, 6.07) is 3.85. The molecule has 2 fully saturated rings. The fraction of sp³-hybridized carbons (Fsp3) is 0.524. The molecule has 1 N–H and O–H groups in total. The molecule has 0 unspecified atom stereocenters. The maximum absolute atomic E-state index is 12.6. The summed E-state index contributed by atoms with van der Waals surface area (Å²) in [5.41, 5.74) is 0.467. The average Bonchev–Trinajstić information content (AvgIpc) is 3.30. The Morgan fingerprint density at radius 3 is 2.37 bits per heavy atom. The van der Waals surface area contributed by atoms with Gasteiger partial charge in [0.1, 0.15) is 6.04 Å². The predicted molar refractivity (Wildman–Crippen MR) is 104 cm³/mol. The Hall–Kier alpha value is -3.10. The second-order valence-corrected chi connectivity index (χ2v) is 7.86. The molecule has 4 atom stereocenters. The topological polar surface area (TPSA) is 111 Å². The highest BCUT2D eigenvalue weighted by atomic mass is 16.7. The van der Waals surface area contributed by atoms with Gasteiger partial charge in [0.15, 0.2) is 17.6 Å². The first kappa shape index (κ1) is 20.2. The van der Waals surface area contributed by atoms with Gasteiger partial charge < -0.3 is 19.5 Å². The number of carbonyl (C=O) groups is 4. The lowest BCUT2D eigenvalue weighted by Crippen LogP contribution is -2.46. The van der Waals surface area contributed by atoms with E-state index in [1.807, 2.05) is 0 Å². The highest BCUT2D eigenvalue weighted by Crippen LogP contribution is 2.39. The van der Waals surface area contributed by atoms with Crippen molar-refractivity contribution in [2.45, 2.75) is 51.7 Å². The van der Waals surface area contributed by atoms with Crippen molar-refractivity contribution < 1.29 is 33.4 Å². The van der Waals surface area contributed by atoms with E-state index in [4.69, 9.17) is 14.2 Å². The summed E-state index contributed by atoms with van der Waals surface area (Å²) in [7, 11) is 0. The molecular weight excluding hydrogens is 392 g/mol. The molecule has 160 valence electrons. The Labute approximate surface area is 173 Å². The van der Waals surface area contributed by atoms with Gasteiger partial charge in [-0.3, -0.25) is 19.3 Å². The van der Waals surface area contributed by atoms with Gasteiger partial charge >= 0.3 is 5.97 Å². The van der Waals surface area contributed by atoms with Crippen LogP contribution in [0, 0.1) is 11.8 Å². The number of esters is 1. The molecule has 9 heteroatoms. The lowest BCUT2D eigenvalue weighted by Gasteiger charge is -2.23. The molecule has 1 saturated heterocycles. The third kappa shape index (κ3) is 3.59. The number of rotatable bonds is 5. The monoisotopic (exact) mass is 416 g/mol. The zero-order valence-electron chi connectivity index (χ0n) is 16.9. The van der Waals surface area contributed by atoms with Gasteiger partial charge in [0.05, 0.1) is 11.8 Å². The van der Waals surface area contributed by atoms with Crippen LogP contribution in [-0.2, 0) is 23.9 Å². The molecule has 2 aliphatic heterocycles. The molecule has 1 aromatic rings. The molecule has 0 radical (unpaired) electrons. The van der Waals surface area contributed by atoms with Crippen molar-refractivity contribution in [3.8, 4) is 11.5 Å². The fourth-order valence-corrected chi connectivity index (χ4v) is 4.22. The third-order valence-corrected chi connectivity index (χ3v) is 5.91. The van der Waals surface area contributed by atoms with Crippen LogP contribution >= 0.6 is 0 Å². The standard InChI is InChI=1S/C21H24N2O7/c1-11(23-19(25)14-5-3-4-6-15(14)20(23)26)21(27)30-12(2)18(24)22-13-7-8-16-17(9-13)29-10-28-16/h7-9,11-12,14-15H,3-6,10H2,1-2H3,(H,22,24)/t11-,12-,14-,15+/m0/s1. The van der Waals surface area contributed by atoms with Crippen molar-refractivity contribution >= 4 is 29.4 Å². The molecule has 4 rings (SSSR count). The number of amides is 3. The predicted octanol–water partition coefficient (Wildman–Crippen LogP) is 1.85. The molecule has 0 spiro atoms. The first-order valence-electron chi connectivity index (χ1n) is 10.1. The van der Waals surface area contributed by atoms with Crippen molar-refractivity contribution in [3.63, 3.8) is 0 Å². The minimum absolute atomic E-state index is 0.119. The number of likely N-dealkylation sites (tertiary alicyclic amines) is 1. The minimum Gasteiger partial charge on any atom is -0.454 e. The van der Waals surface area contributed by atoms with Crippen LogP contribution in [0.15, 0.2) is 18.2 Å². The van der Waals surface area contributed by atoms with Crippen molar-refractivity contribution in [1.29, 1.82) is 0 Å².